The minimum Gasteiger partial charge on any atom is -0.477 e. The normalized spacial score (nSPS) is 14.0. The van der Waals surface area contributed by atoms with Crippen molar-refractivity contribution >= 4 is 5.97 Å². The van der Waals surface area contributed by atoms with Gasteiger partial charge in [0.1, 0.15) is 0 Å². The van der Waals surface area contributed by atoms with Crippen molar-refractivity contribution in [1.29, 1.82) is 0 Å². The first-order chi connectivity index (χ1) is 6.40. The summed E-state index contributed by atoms with van der Waals surface area (Å²) in [5.74, 6) is -5.80. The third-order valence-electron chi connectivity index (χ3n) is 1.77. The molecule has 1 unspecified atom stereocenters. The molecule has 0 aromatic rings. The van der Waals surface area contributed by atoms with Gasteiger partial charge in [-0.15, -0.1) is 0 Å². The lowest BCUT2D eigenvalue weighted by Crippen LogP contribution is -2.41. The van der Waals surface area contributed by atoms with Crippen LogP contribution in [0.3, 0.4) is 0 Å². The molecule has 0 saturated heterocycles. The van der Waals surface area contributed by atoms with Crippen LogP contribution < -0.4 is 5.32 Å². The molecule has 0 bridgehead atoms. The highest BCUT2D eigenvalue weighted by molar-refractivity contribution is 5.75. The van der Waals surface area contributed by atoms with Gasteiger partial charge in [-0.25, -0.2) is 4.79 Å². The number of carbonyl (C=O) groups is 1. The van der Waals surface area contributed by atoms with Crippen LogP contribution in [0.2, 0.25) is 0 Å². The highest BCUT2D eigenvalue weighted by Crippen LogP contribution is 2.11. The van der Waals surface area contributed by atoms with E-state index in [0.29, 0.717) is 6.42 Å². The minimum absolute atomic E-state index is 0.00182. The summed E-state index contributed by atoms with van der Waals surface area (Å²) in [6, 6.07) is 0. The van der Waals surface area contributed by atoms with Crippen molar-refractivity contribution in [2.45, 2.75) is 19.3 Å². The largest absolute Gasteiger partial charge is 0.477 e. The van der Waals surface area contributed by atoms with Crippen LogP contribution >= 0.6 is 0 Å². The van der Waals surface area contributed by atoms with E-state index in [1.54, 1.807) is 6.92 Å². The average molecular weight is 211 g/mol. The highest BCUT2D eigenvalue weighted by atomic mass is 19.3. The van der Waals surface area contributed by atoms with Crippen molar-refractivity contribution in [3.05, 3.63) is 0 Å². The van der Waals surface area contributed by atoms with Crippen LogP contribution in [-0.2, 0) is 4.79 Å². The van der Waals surface area contributed by atoms with Gasteiger partial charge in [-0.2, -0.15) is 8.78 Å². The molecule has 14 heavy (non-hydrogen) atoms. The van der Waals surface area contributed by atoms with E-state index in [-0.39, 0.29) is 19.1 Å². The number of carboxylic acids is 1. The summed E-state index contributed by atoms with van der Waals surface area (Å²) < 4.78 is 24.9. The molecule has 0 aromatic carbocycles. The SMILES string of the molecule is CC(CCO)CNCC(F)(F)C(=O)O. The van der Waals surface area contributed by atoms with Crippen LogP contribution in [0.15, 0.2) is 0 Å². The van der Waals surface area contributed by atoms with E-state index < -0.39 is 18.4 Å². The fourth-order valence-electron chi connectivity index (χ4n) is 0.874. The van der Waals surface area contributed by atoms with E-state index in [1.807, 2.05) is 0 Å². The monoisotopic (exact) mass is 211 g/mol. The molecule has 4 nitrogen and oxygen atoms in total. The number of nitrogens with one attached hydrogen (secondary N) is 1. The van der Waals surface area contributed by atoms with Gasteiger partial charge in [0.25, 0.3) is 0 Å². The van der Waals surface area contributed by atoms with Crippen LogP contribution in [0.4, 0.5) is 8.78 Å². The lowest BCUT2D eigenvalue weighted by Gasteiger charge is -2.14. The van der Waals surface area contributed by atoms with Gasteiger partial charge < -0.3 is 15.5 Å². The van der Waals surface area contributed by atoms with Crippen molar-refractivity contribution < 1.29 is 23.8 Å². The molecule has 0 aliphatic heterocycles. The number of alkyl halides is 2. The molecular weight excluding hydrogens is 196 g/mol. The summed E-state index contributed by atoms with van der Waals surface area (Å²) in [6.07, 6.45) is 0.506. The fourth-order valence-corrected chi connectivity index (χ4v) is 0.874. The number of hydrogen-bond acceptors (Lipinski definition) is 3. The number of rotatable bonds is 7. The van der Waals surface area contributed by atoms with Gasteiger partial charge in [-0.05, 0) is 18.9 Å². The zero-order valence-corrected chi connectivity index (χ0v) is 7.96. The minimum atomic E-state index is -3.72. The third kappa shape index (κ3) is 5.08. The summed E-state index contributed by atoms with van der Waals surface area (Å²) in [7, 11) is 0. The smallest absolute Gasteiger partial charge is 0.375 e. The molecule has 0 spiro atoms. The third-order valence-corrected chi connectivity index (χ3v) is 1.77. The Morgan fingerprint density at radius 1 is 1.57 bits per heavy atom. The summed E-state index contributed by atoms with van der Waals surface area (Å²) in [4.78, 5) is 9.99. The van der Waals surface area contributed by atoms with Crippen molar-refractivity contribution in [2.24, 2.45) is 5.92 Å². The van der Waals surface area contributed by atoms with Crippen molar-refractivity contribution in [1.82, 2.24) is 5.32 Å². The van der Waals surface area contributed by atoms with Crippen LogP contribution in [0.1, 0.15) is 13.3 Å². The van der Waals surface area contributed by atoms with E-state index in [0.717, 1.165) is 0 Å². The topological polar surface area (TPSA) is 69.6 Å². The van der Waals surface area contributed by atoms with Crippen molar-refractivity contribution in [3.63, 3.8) is 0 Å². The van der Waals surface area contributed by atoms with Gasteiger partial charge in [0, 0.05) is 6.61 Å². The lowest BCUT2D eigenvalue weighted by molar-refractivity contribution is -0.164. The van der Waals surface area contributed by atoms with Crippen LogP contribution in [0, 0.1) is 5.92 Å². The Hall–Kier alpha value is -0.750. The Morgan fingerprint density at radius 2 is 2.14 bits per heavy atom. The van der Waals surface area contributed by atoms with Gasteiger partial charge in [0.05, 0.1) is 6.54 Å². The van der Waals surface area contributed by atoms with Crippen LogP contribution in [0.25, 0.3) is 0 Å². The fraction of sp³-hybridized carbons (Fsp3) is 0.875. The number of aliphatic carboxylic acids is 1. The molecule has 0 aliphatic rings. The quantitative estimate of drug-likeness (QED) is 0.567. The Labute approximate surface area is 80.9 Å². The number of halogens is 2. The summed E-state index contributed by atoms with van der Waals surface area (Å²) in [5.41, 5.74) is 0. The van der Waals surface area contributed by atoms with Gasteiger partial charge in [-0.3, -0.25) is 0 Å². The highest BCUT2D eigenvalue weighted by Gasteiger charge is 2.38. The van der Waals surface area contributed by atoms with Gasteiger partial charge in [0.15, 0.2) is 0 Å². The number of carboxylic acid groups (broad SMARTS) is 1. The molecule has 1 atom stereocenters. The molecule has 84 valence electrons. The van der Waals surface area contributed by atoms with E-state index in [4.69, 9.17) is 10.2 Å². The molecular formula is C8H15F2NO3. The van der Waals surface area contributed by atoms with E-state index in [1.165, 1.54) is 0 Å². The maximum atomic E-state index is 12.5. The van der Waals surface area contributed by atoms with Gasteiger partial charge in [0.2, 0.25) is 0 Å². The number of aliphatic hydroxyl groups is 1. The first kappa shape index (κ1) is 13.2. The van der Waals surface area contributed by atoms with Crippen LogP contribution in [-0.4, -0.2) is 41.8 Å². The zero-order valence-electron chi connectivity index (χ0n) is 7.96. The summed E-state index contributed by atoms with van der Waals surface area (Å²) in [6.45, 7) is 1.17. The molecule has 0 aromatic heterocycles. The average Bonchev–Trinajstić information content (AvgIpc) is 2.04. The Morgan fingerprint density at radius 3 is 2.57 bits per heavy atom. The van der Waals surface area contributed by atoms with Crippen molar-refractivity contribution in [3.8, 4) is 0 Å². The number of aliphatic hydroxyl groups excluding tert-OH is 1. The molecule has 0 heterocycles. The Balaban J connectivity index is 3.68. The van der Waals surface area contributed by atoms with E-state index in [9.17, 15) is 13.6 Å². The zero-order chi connectivity index (χ0) is 11.2. The predicted octanol–water partition coefficient (Wildman–Crippen LogP) is 0.314. The van der Waals surface area contributed by atoms with Gasteiger partial charge >= 0.3 is 11.9 Å². The van der Waals surface area contributed by atoms with E-state index in [2.05, 4.69) is 5.32 Å². The molecule has 0 radical (unpaired) electrons. The lowest BCUT2D eigenvalue weighted by atomic mass is 10.1. The standard InChI is InChI=1S/C8H15F2NO3/c1-6(2-3-12)4-11-5-8(9,10)7(13)14/h6,11-12H,2-5H2,1H3,(H,13,14). The maximum absolute atomic E-state index is 12.5. The molecule has 3 N–H and O–H groups in total. The molecule has 0 saturated carbocycles. The van der Waals surface area contributed by atoms with Crippen LogP contribution in [0.5, 0.6) is 0 Å². The molecule has 6 heteroatoms. The number of hydrogen-bond donors (Lipinski definition) is 3. The van der Waals surface area contributed by atoms with Crippen molar-refractivity contribution in [2.75, 3.05) is 19.7 Å². The molecule has 0 rings (SSSR count). The van der Waals surface area contributed by atoms with Gasteiger partial charge in [-0.1, -0.05) is 6.92 Å². The Kier molecular flexibility index (Phi) is 5.56. The predicted molar refractivity (Wildman–Crippen MR) is 46.3 cm³/mol. The maximum Gasteiger partial charge on any atom is 0.375 e. The molecule has 0 aliphatic carbocycles. The molecule has 0 fully saturated rings. The first-order valence-electron chi connectivity index (χ1n) is 4.33. The molecule has 0 amide bonds. The second-order valence-corrected chi connectivity index (χ2v) is 3.26. The second kappa shape index (κ2) is 5.87. The first-order valence-corrected chi connectivity index (χ1v) is 4.33. The summed E-state index contributed by atoms with van der Waals surface area (Å²) >= 11 is 0. The summed E-state index contributed by atoms with van der Waals surface area (Å²) in [5, 5.41) is 18.9. The van der Waals surface area contributed by atoms with E-state index >= 15 is 0 Å². The Bertz CT molecular complexity index is 187. The second-order valence-electron chi connectivity index (χ2n) is 3.26.